The van der Waals surface area contributed by atoms with Gasteiger partial charge < -0.3 is 14.2 Å². The molecule has 1 saturated carbocycles. The molecule has 2 fully saturated rings. The van der Waals surface area contributed by atoms with Crippen LogP contribution < -0.4 is 4.74 Å². The van der Waals surface area contributed by atoms with Crippen molar-refractivity contribution in [3.63, 3.8) is 0 Å². The number of benzene rings is 2. The average Bonchev–Trinajstić information content (AvgIpc) is 2.77. The van der Waals surface area contributed by atoms with Crippen molar-refractivity contribution >= 4 is 0 Å². The molecule has 8 heteroatoms. The van der Waals surface area contributed by atoms with Crippen molar-refractivity contribution in [1.29, 1.82) is 0 Å². The van der Waals surface area contributed by atoms with Crippen LogP contribution in [0.15, 0.2) is 30.3 Å². The van der Waals surface area contributed by atoms with E-state index >= 15 is 0 Å². The fourth-order valence-electron chi connectivity index (χ4n) is 4.54. The molecule has 4 rings (SSSR count). The van der Waals surface area contributed by atoms with Crippen LogP contribution >= 0.6 is 0 Å². The van der Waals surface area contributed by atoms with Crippen molar-refractivity contribution < 1.29 is 36.2 Å². The fraction of sp³-hybridized carbons (Fsp3) is 0.520. The smallest absolute Gasteiger partial charge is 0.429 e. The van der Waals surface area contributed by atoms with Gasteiger partial charge in [-0.1, -0.05) is 25.8 Å². The second-order valence-corrected chi connectivity index (χ2v) is 9.15. The minimum atomic E-state index is -4.14. The minimum absolute atomic E-state index is 0.269. The van der Waals surface area contributed by atoms with Crippen LogP contribution in [0.25, 0.3) is 0 Å². The normalized spacial score (nSPS) is 26.3. The topological polar surface area (TPSA) is 27.7 Å². The lowest BCUT2D eigenvalue weighted by Gasteiger charge is -2.37. The Kier molecular flexibility index (Phi) is 6.96. The molecule has 0 atom stereocenters. The van der Waals surface area contributed by atoms with Crippen molar-refractivity contribution in [3.8, 4) is 5.75 Å². The van der Waals surface area contributed by atoms with Crippen LogP contribution in [0.4, 0.5) is 22.0 Å². The van der Waals surface area contributed by atoms with Crippen molar-refractivity contribution in [3.05, 3.63) is 64.5 Å². The lowest BCUT2D eigenvalue weighted by Crippen LogP contribution is -2.34. The van der Waals surface area contributed by atoms with Gasteiger partial charge in [-0.25, -0.2) is 13.2 Å². The summed E-state index contributed by atoms with van der Waals surface area (Å²) in [6.07, 6.45) is -0.339. The molecule has 2 aromatic rings. The van der Waals surface area contributed by atoms with Gasteiger partial charge in [-0.05, 0) is 43.7 Å². The highest BCUT2D eigenvalue weighted by Gasteiger charge is 2.39. The second kappa shape index (κ2) is 9.58. The molecule has 33 heavy (non-hydrogen) atoms. The predicted octanol–water partition coefficient (Wildman–Crippen LogP) is 7.03. The molecular formula is C25H27F5O3. The highest BCUT2D eigenvalue weighted by atomic mass is 19.3. The van der Waals surface area contributed by atoms with Gasteiger partial charge in [-0.3, -0.25) is 0 Å². The zero-order valence-electron chi connectivity index (χ0n) is 18.6. The predicted molar refractivity (Wildman–Crippen MR) is 111 cm³/mol. The van der Waals surface area contributed by atoms with E-state index in [2.05, 4.69) is 11.7 Å². The first-order valence-corrected chi connectivity index (χ1v) is 11.2. The van der Waals surface area contributed by atoms with Gasteiger partial charge in [-0.15, -0.1) is 0 Å². The lowest BCUT2D eigenvalue weighted by atomic mass is 9.76. The van der Waals surface area contributed by atoms with Crippen LogP contribution in [-0.2, 0) is 15.6 Å². The lowest BCUT2D eigenvalue weighted by molar-refractivity contribution is -0.215. The Hall–Kier alpha value is -2.19. The Balaban J connectivity index is 1.41. The Morgan fingerprint density at radius 2 is 1.45 bits per heavy atom. The molecular weight excluding hydrogens is 443 g/mol. The van der Waals surface area contributed by atoms with E-state index in [0.29, 0.717) is 31.3 Å². The quantitative estimate of drug-likeness (QED) is 0.439. The van der Waals surface area contributed by atoms with Crippen LogP contribution in [0.2, 0.25) is 0 Å². The minimum Gasteiger partial charge on any atom is -0.429 e. The molecule has 2 aromatic carbocycles. The van der Waals surface area contributed by atoms with Crippen LogP contribution in [0, 0.1) is 42.1 Å². The third-order valence-corrected chi connectivity index (χ3v) is 6.73. The number of halogens is 5. The molecule has 2 aliphatic rings. The van der Waals surface area contributed by atoms with Crippen LogP contribution in [0.1, 0.15) is 55.6 Å². The first kappa shape index (κ1) is 24.0. The number of rotatable bonds is 5. The average molecular weight is 470 g/mol. The molecule has 0 unspecified atom stereocenters. The van der Waals surface area contributed by atoms with E-state index in [1.54, 1.807) is 0 Å². The molecule has 0 amide bonds. The van der Waals surface area contributed by atoms with Gasteiger partial charge in [0.1, 0.15) is 23.2 Å². The zero-order valence-corrected chi connectivity index (χ0v) is 18.6. The molecule has 1 aliphatic carbocycles. The van der Waals surface area contributed by atoms with Gasteiger partial charge in [-0.2, -0.15) is 8.78 Å². The van der Waals surface area contributed by atoms with Crippen molar-refractivity contribution in [2.45, 2.75) is 51.9 Å². The van der Waals surface area contributed by atoms with E-state index in [1.165, 1.54) is 18.9 Å². The standard InChI is InChI=1S/C25H27F5O3/c1-14-3-5-16(6-4-14)18-12-31-24(32-13-18)17-7-8-20(23(28)9-17)25(29,30)33-19-10-21(26)15(2)22(27)11-19/h7-11,14,16,18,24H,3-6,12-13H2,1-2H3. The van der Waals surface area contributed by atoms with Gasteiger partial charge in [0.05, 0.1) is 18.8 Å². The summed E-state index contributed by atoms with van der Waals surface area (Å²) in [5.41, 5.74) is -1.11. The highest BCUT2D eigenvalue weighted by Crippen LogP contribution is 2.39. The van der Waals surface area contributed by atoms with Crippen LogP contribution in [-0.4, -0.2) is 13.2 Å². The van der Waals surface area contributed by atoms with Gasteiger partial charge in [0.25, 0.3) is 0 Å². The van der Waals surface area contributed by atoms with E-state index in [9.17, 15) is 22.0 Å². The number of hydrogen-bond acceptors (Lipinski definition) is 3. The summed E-state index contributed by atoms with van der Waals surface area (Å²) >= 11 is 0. The van der Waals surface area contributed by atoms with E-state index in [1.807, 2.05) is 0 Å². The summed E-state index contributed by atoms with van der Waals surface area (Å²) in [5, 5.41) is 0. The molecule has 180 valence electrons. The molecule has 3 nitrogen and oxygen atoms in total. The van der Waals surface area contributed by atoms with E-state index < -0.39 is 41.2 Å². The molecule has 0 bridgehead atoms. The van der Waals surface area contributed by atoms with E-state index in [0.717, 1.165) is 37.8 Å². The highest BCUT2D eigenvalue weighted by molar-refractivity contribution is 5.32. The largest absolute Gasteiger partial charge is 0.429 e. The summed E-state index contributed by atoms with van der Waals surface area (Å²) in [6.45, 7) is 4.36. The molecule has 0 spiro atoms. The van der Waals surface area contributed by atoms with Crippen molar-refractivity contribution in [2.75, 3.05) is 13.2 Å². The second-order valence-electron chi connectivity index (χ2n) is 9.15. The SMILES string of the molecule is Cc1c(F)cc(OC(F)(F)c2ccc(C3OCC(C4CCC(C)CC4)CO3)cc2F)cc1F. The maximum Gasteiger partial charge on any atom is 0.429 e. The molecule has 0 N–H and O–H groups in total. The summed E-state index contributed by atoms with van der Waals surface area (Å²) < 4.78 is 87.0. The number of ether oxygens (including phenoxy) is 3. The molecule has 0 radical (unpaired) electrons. The van der Waals surface area contributed by atoms with Gasteiger partial charge in [0, 0.05) is 29.2 Å². The Bertz CT molecular complexity index is 957. The summed E-state index contributed by atoms with van der Waals surface area (Å²) in [6, 6.07) is 4.32. The van der Waals surface area contributed by atoms with Gasteiger partial charge in [0.15, 0.2) is 6.29 Å². The third-order valence-electron chi connectivity index (χ3n) is 6.73. The van der Waals surface area contributed by atoms with Crippen molar-refractivity contribution in [1.82, 2.24) is 0 Å². The molecule has 0 aromatic heterocycles. The molecule has 1 heterocycles. The first-order valence-electron chi connectivity index (χ1n) is 11.2. The monoisotopic (exact) mass is 470 g/mol. The van der Waals surface area contributed by atoms with Crippen LogP contribution in [0.3, 0.4) is 0 Å². The third kappa shape index (κ3) is 5.32. The maximum absolute atomic E-state index is 14.6. The first-order chi connectivity index (χ1) is 15.6. The summed E-state index contributed by atoms with van der Waals surface area (Å²) in [4.78, 5) is 0. The Morgan fingerprint density at radius 3 is 2.03 bits per heavy atom. The Morgan fingerprint density at radius 1 is 0.848 bits per heavy atom. The van der Waals surface area contributed by atoms with E-state index in [-0.39, 0.29) is 17.0 Å². The number of alkyl halides is 2. The summed E-state index contributed by atoms with van der Waals surface area (Å²) in [5.74, 6) is -2.51. The van der Waals surface area contributed by atoms with Gasteiger partial charge >= 0.3 is 6.11 Å². The molecule has 1 saturated heterocycles. The molecule has 1 aliphatic heterocycles. The Labute approximate surface area is 189 Å². The summed E-state index contributed by atoms with van der Waals surface area (Å²) in [7, 11) is 0. The van der Waals surface area contributed by atoms with Crippen LogP contribution in [0.5, 0.6) is 5.75 Å². The number of hydrogen-bond donors (Lipinski definition) is 0. The maximum atomic E-state index is 14.6. The fourth-order valence-corrected chi connectivity index (χ4v) is 4.54. The van der Waals surface area contributed by atoms with Crippen molar-refractivity contribution in [2.24, 2.45) is 17.8 Å². The zero-order chi connectivity index (χ0) is 23.8. The van der Waals surface area contributed by atoms with E-state index in [4.69, 9.17) is 9.47 Å². The van der Waals surface area contributed by atoms with Gasteiger partial charge in [0.2, 0.25) is 0 Å².